The Kier molecular flexibility index (Phi) is 4.63. The van der Waals surface area contributed by atoms with Crippen molar-refractivity contribution in [2.45, 2.75) is 25.4 Å². The van der Waals surface area contributed by atoms with Gasteiger partial charge in [-0.2, -0.15) is 5.26 Å². The van der Waals surface area contributed by atoms with Gasteiger partial charge in [-0.15, -0.1) is 0 Å². The number of likely N-dealkylation sites (tertiary alicyclic amines) is 1. The third kappa shape index (κ3) is 3.63. The van der Waals surface area contributed by atoms with Crippen LogP contribution in [0.15, 0.2) is 30.6 Å². The van der Waals surface area contributed by atoms with E-state index < -0.39 is 0 Å². The molecule has 3 rings (SSSR count). The number of likely N-dealkylation sites (N-methyl/N-ethyl adjacent to an activating group) is 1. The number of aromatic amines is 1. The van der Waals surface area contributed by atoms with Crippen LogP contribution in [0.2, 0.25) is 0 Å². The van der Waals surface area contributed by atoms with Crippen molar-refractivity contribution in [2.24, 2.45) is 0 Å². The van der Waals surface area contributed by atoms with Crippen LogP contribution < -0.4 is 16.4 Å². The Morgan fingerprint density at radius 3 is 3.08 bits per heavy atom. The first kappa shape index (κ1) is 16.2. The molecule has 0 saturated carbocycles. The first-order valence-electron chi connectivity index (χ1n) is 8.24. The molecule has 1 aromatic heterocycles. The second kappa shape index (κ2) is 6.85. The molecular formula is C18H24N6. The van der Waals surface area contributed by atoms with Gasteiger partial charge in [-0.25, -0.2) is 0 Å². The van der Waals surface area contributed by atoms with E-state index in [0.717, 1.165) is 29.0 Å². The van der Waals surface area contributed by atoms with Crippen molar-refractivity contribution in [2.75, 3.05) is 25.9 Å². The monoisotopic (exact) mass is 324 g/mol. The lowest BCUT2D eigenvalue weighted by Gasteiger charge is -2.31. The van der Waals surface area contributed by atoms with Crippen LogP contribution in [0.1, 0.15) is 24.1 Å². The molecule has 5 N–H and O–H groups in total. The lowest BCUT2D eigenvalue weighted by molar-refractivity contribution is 0.233. The summed E-state index contributed by atoms with van der Waals surface area (Å²) in [4.78, 5) is 5.65. The number of hydrogen-bond acceptors (Lipinski definition) is 5. The molecule has 2 heterocycles. The first-order chi connectivity index (χ1) is 11.5. The summed E-state index contributed by atoms with van der Waals surface area (Å²) in [6.07, 6.45) is 2.39. The molecular weight excluding hydrogens is 300 g/mol. The maximum Gasteiger partial charge on any atom is 0.101 e. The fraction of sp³-hybridized carbons (Fsp3) is 0.389. The largest absolute Gasteiger partial charge is 0.398 e. The summed E-state index contributed by atoms with van der Waals surface area (Å²) in [5, 5.41) is 16.8. The number of nitrogens with two attached hydrogens (primary N) is 1. The van der Waals surface area contributed by atoms with E-state index in [4.69, 9.17) is 11.0 Å². The molecule has 0 spiro atoms. The number of aromatic nitrogens is 1. The SMILES string of the molecule is C=C(NCc1cc2cc(N)c(C#N)cc2[nH]1)NC1CCCN(C)C1. The maximum absolute atomic E-state index is 9.06. The lowest BCUT2D eigenvalue weighted by atomic mass is 10.1. The van der Waals surface area contributed by atoms with Gasteiger partial charge in [0.05, 0.1) is 23.6 Å². The van der Waals surface area contributed by atoms with E-state index in [-0.39, 0.29) is 0 Å². The number of anilines is 1. The molecule has 6 heteroatoms. The van der Waals surface area contributed by atoms with Gasteiger partial charge >= 0.3 is 0 Å². The van der Waals surface area contributed by atoms with Gasteiger partial charge in [0.1, 0.15) is 6.07 Å². The van der Waals surface area contributed by atoms with Gasteiger partial charge in [0.2, 0.25) is 0 Å². The molecule has 24 heavy (non-hydrogen) atoms. The van der Waals surface area contributed by atoms with Crippen LogP contribution >= 0.6 is 0 Å². The van der Waals surface area contributed by atoms with E-state index >= 15 is 0 Å². The van der Waals surface area contributed by atoms with E-state index in [1.54, 1.807) is 6.07 Å². The van der Waals surface area contributed by atoms with E-state index in [1.165, 1.54) is 19.4 Å². The summed E-state index contributed by atoms with van der Waals surface area (Å²) in [6, 6.07) is 8.22. The Morgan fingerprint density at radius 2 is 2.33 bits per heavy atom. The van der Waals surface area contributed by atoms with Gasteiger partial charge in [0, 0.05) is 29.2 Å². The highest BCUT2D eigenvalue weighted by atomic mass is 15.2. The summed E-state index contributed by atoms with van der Waals surface area (Å²) in [5.41, 5.74) is 8.82. The molecule has 0 radical (unpaired) electrons. The summed E-state index contributed by atoms with van der Waals surface area (Å²) in [6.45, 7) is 6.92. The molecule has 6 nitrogen and oxygen atoms in total. The van der Waals surface area contributed by atoms with Gasteiger partial charge in [0.25, 0.3) is 0 Å². The number of benzene rings is 1. The Bertz CT molecular complexity index is 785. The highest BCUT2D eigenvalue weighted by molar-refractivity contribution is 5.86. The van der Waals surface area contributed by atoms with E-state index in [9.17, 15) is 0 Å². The van der Waals surface area contributed by atoms with Gasteiger partial charge in [-0.05, 0) is 44.6 Å². The normalized spacial score (nSPS) is 18.2. The smallest absolute Gasteiger partial charge is 0.101 e. The van der Waals surface area contributed by atoms with Crippen LogP contribution in [0.3, 0.4) is 0 Å². The van der Waals surface area contributed by atoms with Crippen molar-refractivity contribution in [1.29, 1.82) is 5.26 Å². The molecule has 0 aliphatic carbocycles. The zero-order chi connectivity index (χ0) is 17.1. The van der Waals surface area contributed by atoms with Crippen molar-refractivity contribution < 1.29 is 0 Å². The van der Waals surface area contributed by atoms with Crippen molar-refractivity contribution in [3.8, 4) is 6.07 Å². The minimum atomic E-state index is 0.449. The molecule has 1 aliphatic rings. The molecule has 1 fully saturated rings. The zero-order valence-corrected chi connectivity index (χ0v) is 14.0. The van der Waals surface area contributed by atoms with Crippen LogP contribution in [0, 0.1) is 11.3 Å². The summed E-state index contributed by atoms with van der Waals surface area (Å²) >= 11 is 0. The molecule has 126 valence electrons. The topological polar surface area (TPSA) is 92.9 Å². The highest BCUT2D eigenvalue weighted by Gasteiger charge is 2.17. The van der Waals surface area contributed by atoms with Crippen LogP contribution in [0.25, 0.3) is 10.9 Å². The summed E-state index contributed by atoms with van der Waals surface area (Å²) in [5.74, 6) is 0.839. The fourth-order valence-electron chi connectivity index (χ4n) is 3.23. The highest BCUT2D eigenvalue weighted by Crippen LogP contribution is 2.22. The first-order valence-corrected chi connectivity index (χ1v) is 8.24. The molecule has 1 aliphatic heterocycles. The second-order valence-corrected chi connectivity index (χ2v) is 6.51. The number of nitriles is 1. The third-order valence-corrected chi connectivity index (χ3v) is 4.46. The predicted molar refractivity (Wildman–Crippen MR) is 97.1 cm³/mol. The van der Waals surface area contributed by atoms with Crippen molar-refractivity contribution in [3.05, 3.63) is 41.9 Å². The Labute approximate surface area is 142 Å². The minimum Gasteiger partial charge on any atom is -0.398 e. The number of piperidine rings is 1. The Morgan fingerprint density at radius 1 is 1.50 bits per heavy atom. The lowest BCUT2D eigenvalue weighted by Crippen LogP contribution is -2.45. The number of H-pyrrole nitrogens is 1. The molecule has 1 atom stereocenters. The zero-order valence-electron chi connectivity index (χ0n) is 14.0. The molecule has 1 unspecified atom stereocenters. The second-order valence-electron chi connectivity index (χ2n) is 6.51. The fourth-order valence-corrected chi connectivity index (χ4v) is 3.23. The standard InChI is InChI=1S/C18H24N6/c1-12(22-15-4-3-5-24(2)11-15)21-10-16-6-13-7-17(20)14(9-19)8-18(13)23-16/h6-8,15,21-23H,1,3-5,10-11,20H2,2H3. The van der Waals surface area contributed by atoms with Crippen LogP contribution in [0.5, 0.6) is 0 Å². The van der Waals surface area contributed by atoms with Crippen molar-refractivity contribution in [1.82, 2.24) is 20.5 Å². The van der Waals surface area contributed by atoms with Gasteiger partial charge in [0.15, 0.2) is 0 Å². The minimum absolute atomic E-state index is 0.449. The quantitative estimate of drug-likeness (QED) is 0.630. The summed E-state index contributed by atoms with van der Waals surface area (Å²) in [7, 11) is 2.15. The van der Waals surface area contributed by atoms with Gasteiger partial charge in [-0.3, -0.25) is 0 Å². The van der Waals surface area contributed by atoms with Crippen molar-refractivity contribution in [3.63, 3.8) is 0 Å². The predicted octanol–water partition coefficient (Wildman–Crippen LogP) is 1.87. The maximum atomic E-state index is 9.06. The number of fused-ring (bicyclic) bond motifs is 1. The average Bonchev–Trinajstić information content (AvgIpc) is 2.93. The molecule has 1 saturated heterocycles. The van der Waals surface area contributed by atoms with Crippen LogP contribution in [0.4, 0.5) is 5.69 Å². The average molecular weight is 324 g/mol. The third-order valence-electron chi connectivity index (χ3n) is 4.46. The summed E-state index contributed by atoms with van der Waals surface area (Å²) < 4.78 is 0. The number of rotatable bonds is 5. The number of nitrogens with one attached hydrogen (secondary N) is 3. The molecule has 2 aromatic rings. The molecule has 0 bridgehead atoms. The van der Waals surface area contributed by atoms with Crippen LogP contribution in [-0.2, 0) is 6.54 Å². The molecule has 0 amide bonds. The van der Waals surface area contributed by atoms with Crippen molar-refractivity contribution >= 4 is 16.6 Å². The number of nitrogen functional groups attached to an aromatic ring is 1. The Balaban J connectivity index is 1.59. The Hall–Kier alpha value is -2.65. The van der Waals surface area contributed by atoms with Gasteiger partial charge < -0.3 is 26.3 Å². The number of nitrogens with zero attached hydrogens (tertiary/aromatic N) is 2. The van der Waals surface area contributed by atoms with Gasteiger partial charge in [-0.1, -0.05) is 6.58 Å². The van der Waals surface area contributed by atoms with Crippen LogP contribution in [-0.4, -0.2) is 36.1 Å². The van der Waals surface area contributed by atoms with E-state index in [1.807, 2.05) is 12.1 Å². The number of hydrogen-bond donors (Lipinski definition) is 4. The van der Waals surface area contributed by atoms with E-state index in [2.05, 4.69) is 40.2 Å². The molecule has 1 aromatic carbocycles. The van der Waals surface area contributed by atoms with E-state index in [0.29, 0.717) is 23.8 Å².